The Balaban J connectivity index is 1.90. The number of hydrogen-bond acceptors (Lipinski definition) is 3. The summed E-state index contributed by atoms with van der Waals surface area (Å²) in [5.74, 6) is 0.0308. The third-order valence-electron chi connectivity index (χ3n) is 5.06. The molecule has 0 aromatic heterocycles. The fraction of sp³-hybridized carbons (Fsp3) is 0.423. The summed E-state index contributed by atoms with van der Waals surface area (Å²) in [6.45, 7) is 6.19. The zero-order valence-electron chi connectivity index (χ0n) is 18.2. The van der Waals surface area contributed by atoms with Crippen LogP contribution in [0.1, 0.15) is 62.2 Å². The molecule has 0 aliphatic heterocycles. The third-order valence-corrected chi connectivity index (χ3v) is 5.06. The first-order valence-electron chi connectivity index (χ1n) is 11.0. The Morgan fingerprint density at radius 3 is 2.10 bits per heavy atom. The van der Waals surface area contributed by atoms with Gasteiger partial charge >= 0.3 is 5.97 Å². The second kappa shape index (κ2) is 13.6. The number of halogens is 2. The van der Waals surface area contributed by atoms with E-state index in [9.17, 15) is 13.6 Å². The summed E-state index contributed by atoms with van der Waals surface area (Å²) in [7, 11) is 0. The number of ether oxygens (including phenoxy) is 2. The number of alkyl halides is 2. The molecule has 0 fully saturated rings. The van der Waals surface area contributed by atoms with Crippen LogP contribution in [0.2, 0.25) is 0 Å². The van der Waals surface area contributed by atoms with Crippen molar-refractivity contribution in [3.05, 3.63) is 66.7 Å². The van der Waals surface area contributed by atoms with Gasteiger partial charge in [0.05, 0.1) is 5.56 Å². The summed E-state index contributed by atoms with van der Waals surface area (Å²) in [4.78, 5) is 12.3. The zero-order valence-corrected chi connectivity index (χ0v) is 18.2. The Bertz CT molecular complexity index is 785. The molecule has 2 aromatic carbocycles. The molecule has 0 aliphatic rings. The summed E-state index contributed by atoms with van der Waals surface area (Å²) < 4.78 is 37.2. The van der Waals surface area contributed by atoms with Crippen molar-refractivity contribution >= 4 is 5.97 Å². The summed E-state index contributed by atoms with van der Waals surface area (Å²) in [6, 6.07) is 14.3. The molecule has 31 heavy (non-hydrogen) atoms. The molecule has 0 heterocycles. The largest absolute Gasteiger partial charge is 0.490 e. The third kappa shape index (κ3) is 8.52. The summed E-state index contributed by atoms with van der Waals surface area (Å²) in [6.07, 6.45) is 3.80. The Morgan fingerprint density at radius 2 is 1.52 bits per heavy atom. The Morgan fingerprint density at radius 1 is 0.935 bits per heavy atom. The predicted octanol–water partition coefficient (Wildman–Crippen LogP) is 7.46. The highest BCUT2D eigenvalue weighted by Gasteiger charge is 2.24. The lowest BCUT2D eigenvalue weighted by atomic mass is 10.0. The summed E-state index contributed by atoms with van der Waals surface area (Å²) >= 11 is 0. The minimum Gasteiger partial charge on any atom is -0.490 e. The number of hydrogen-bond donors (Lipinski definition) is 0. The number of rotatable bonds is 14. The van der Waals surface area contributed by atoms with Crippen LogP contribution >= 0.6 is 0 Å². The molecule has 1 unspecified atom stereocenters. The van der Waals surface area contributed by atoms with E-state index in [0.29, 0.717) is 13.0 Å². The van der Waals surface area contributed by atoms with Gasteiger partial charge in [0.15, 0.2) is 6.10 Å². The molecule has 5 heteroatoms. The van der Waals surface area contributed by atoms with E-state index in [4.69, 9.17) is 9.47 Å². The fourth-order valence-electron chi connectivity index (χ4n) is 3.27. The highest BCUT2D eigenvalue weighted by Crippen LogP contribution is 2.24. The van der Waals surface area contributed by atoms with E-state index < -0.39 is 18.5 Å². The molecule has 0 N–H and O–H groups in total. The first-order chi connectivity index (χ1) is 15.0. The number of esters is 1. The van der Waals surface area contributed by atoms with Crippen molar-refractivity contribution in [1.29, 1.82) is 0 Å². The first-order valence-corrected chi connectivity index (χ1v) is 11.0. The topological polar surface area (TPSA) is 35.5 Å². The van der Waals surface area contributed by atoms with Crippen LogP contribution in [0, 0.1) is 0 Å². The van der Waals surface area contributed by atoms with Gasteiger partial charge in [-0.3, -0.25) is 0 Å². The molecule has 0 aliphatic carbocycles. The summed E-state index contributed by atoms with van der Waals surface area (Å²) in [5.41, 5.74) is 2.13. The van der Waals surface area contributed by atoms with Gasteiger partial charge < -0.3 is 9.47 Å². The summed E-state index contributed by atoms with van der Waals surface area (Å²) in [5, 5.41) is 0. The molecule has 0 radical (unpaired) electrons. The van der Waals surface area contributed by atoms with Gasteiger partial charge in [-0.25, -0.2) is 13.6 Å². The molecule has 0 saturated heterocycles. The fourth-order valence-corrected chi connectivity index (χ4v) is 3.27. The van der Waals surface area contributed by atoms with E-state index in [2.05, 4.69) is 13.5 Å². The molecule has 0 bridgehead atoms. The van der Waals surface area contributed by atoms with E-state index in [-0.39, 0.29) is 12.0 Å². The smallest absolute Gasteiger partial charge is 0.338 e. The average molecular weight is 431 g/mol. The van der Waals surface area contributed by atoms with E-state index >= 15 is 0 Å². The molecular weight excluding hydrogens is 398 g/mol. The highest BCUT2D eigenvalue weighted by atomic mass is 19.3. The standard InChI is InChI=1S/C26H32F2O3/c1-3-5-6-7-8-9-10-24(25(27)28)31-26(29)22-13-11-20(12-14-22)21-15-17-23(18-16-21)30-19-4-2/h4,11-18,24-25H,2-3,5-10,19H2,1H3. The van der Waals surface area contributed by atoms with Gasteiger partial charge in [-0.15, -0.1) is 0 Å². The van der Waals surface area contributed by atoms with Crippen LogP contribution in [-0.4, -0.2) is 25.1 Å². The van der Waals surface area contributed by atoms with E-state index in [0.717, 1.165) is 49.0 Å². The van der Waals surface area contributed by atoms with Gasteiger partial charge in [-0.2, -0.15) is 0 Å². The van der Waals surface area contributed by atoms with Crippen molar-refractivity contribution < 1.29 is 23.0 Å². The molecule has 0 amide bonds. The van der Waals surface area contributed by atoms with Crippen LogP contribution in [0.25, 0.3) is 11.1 Å². The van der Waals surface area contributed by atoms with Crippen LogP contribution in [0.3, 0.4) is 0 Å². The number of carbonyl (C=O) groups excluding carboxylic acids is 1. The van der Waals surface area contributed by atoms with Crippen LogP contribution < -0.4 is 4.74 Å². The van der Waals surface area contributed by atoms with Gasteiger partial charge in [-0.05, 0) is 48.2 Å². The second-order valence-electron chi connectivity index (χ2n) is 7.54. The average Bonchev–Trinajstić information content (AvgIpc) is 2.79. The maximum Gasteiger partial charge on any atom is 0.338 e. The Kier molecular flexibility index (Phi) is 10.8. The number of unbranched alkanes of at least 4 members (excludes halogenated alkanes) is 5. The first kappa shape index (κ1) is 24.6. The molecule has 3 nitrogen and oxygen atoms in total. The van der Waals surface area contributed by atoms with Crippen LogP contribution in [0.15, 0.2) is 61.2 Å². The maximum absolute atomic E-state index is 13.3. The zero-order chi connectivity index (χ0) is 22.5. The van der Waals surface area contributed by atoms with Gasteiger partial charge in [0.1, 0.15) is 12.4 Å². The molecule has 0 saturated carbocycles. The molecule has 2 aromatic rings. The monoisotopic (exact) mass is 430 g/mol. The minimum atomic E-state index is -2.68. The molecular formula is C26H32F2O3. The second-order valence-corrected chi connectivity index (χ2v) is 7.54. The van der Waals surface area contributed by atoms with Crippen LogP contribution in [0.4, 0.5) is 8.78 Å². The molecule has 1 atom stereocenters. The van der Waals surface area contributed by atoms with E-state index in [1.807, 2.05) is 24.3 Å². The van der Waals surface area contributed by atoms with Gasteiger partial charge in [0, 0.05) is 0 Å². The maximum atomic E-state index is 13.3. The van der Waals surface area contributed by atoms with Crippen LogP contribution in [-0.2, 0) is 4.74 Å². The van der Waals surface area contributed by atoms with E-state index in [1.54, 1.807) is 30.3 Å². The predicted molar refractivity (Wildman–Crippen MR) is 121 cm³/mol. The van der Waals surface area contributed by atoms with Crippen molar-refractivity contribution in [2.45, 2.75) is 64.4 Å². The lowest BCUT2D eigenvalue weighted by Crippen LogP contribution is -2.25. The lowest BCUT2D eigenvalue weighted by molar-refractivity contribution is -0.0374. The van der Waals surface area contributed by atoms with E-state index in [1.165, 1.54) is 0 Å². The molecule has 0 spiro atoms. The normalized spacial score (nSPS) is 11.9. The van der Waals surface area contributed by atoms with Gasteiger partial charge in [0.2, 0.25) is 0 Å². The molecule has 2 rings (SSSR count). The van der Waals surface area contributed by atoms with Crippen molar-refractivity contribution in [1.82, 2.24) is 0 Å². The van der Waals surface area contributed by atoms with Gasteiger partial charge in [-0.1, -0.05) is 75.9 Å². The number of benzene rings is 2. The van der Waals surface area contributed by atoms with Crippen molar-refractivity contribution in [2.24, 2.45) is 0 Å². The SMILES string of the molecule is C=CCOc1ccc(-c2ccc(C(=O)OC(CCCCCCCC)C(F)F)cc2)cc1. The molecule has 168 valence electrons. The Labute approximate surface area is 184 Å². The Hall–Kier alpha value is -2.69. The van der Waals surface area contributed by atoms with Crippen molar-refractivity contribution in [3.63, 3.8) is 0 Å². The minimum absolute atomic E-state index is 0.188. The van der Waals surface area contributed by atoms with Crippen molar-refractivity contribution in [2.75, 3.05) is 6.61 Å². The lowest BCUT2D eigenvalue weighted by Gasteiger charge is -2.17. The van der Waals surface area contributed by atoms with Gasteiger partial charge in [0.25, 0.3) is 6.43 Å². The highest BCUT2D eigenvalue weighted by molar-refractivity contribution is 5.90. The van der Waals surface area contributed by atoms with Crippen molar-refractivity contribution in [3.8, 4) is 16.9 Å². The number of carbonyl (C=O) groups is 1. The quantitative estimate of drug-likeness (QED) is 0.177. The van der Waals surface area contributed by atoms with Crippen LogP contribution in [0.5, 0.6) is 5.75 Å².